The molecular weight excluding hydrogens is 347 g/mol. The van der Waals surface area contributed by atoms with Gasteiger partial charge in [0.2, 0.25) is 5.78 Å². The number of carbonyl (C=O) groups is 1. The minimum absolute atomic E-state index is 0.0113. The number of Topliss-reactive ketones (excluding diaryl/α,β-unsaturated/α-hetero) is 1. The monoisotopic (exact) mass is 354 g/mol. The first-order valence-corrected chi connectivity index (χ1v) is 5.59. The van der Waals surface area contributed by atoms with Crippen LogP contribution in [0.5, 0.6) is 5.75 Å². The molecular formula is C12H7F9O2. The molecule has 0 aliphatic carbocycles. The lowest BCUT2D eigenvalue weighted by Crippen LogP contribution is -2.63. The predicted molar refractivity (Wildman–Crippen MR) is 58.2 cm³/mol. The second-order valence-corrected chi connectivity index (χ2v) is 4.28. The highest BCUT2D eigenvalue weighted by Gasteiger charge is 2.83. The minimum atomic E-state index is -7.11. The number of rotatable bonds is 5. The molecule has 0 N–H and O–H groups in total. The summed E-state index contributed by atoms with van der Waals surface area (Å²) in [5.74, 6) is -23.2. The van der Waals surface area contributed by atoms with Crippen molar-refractivity contribution in [2.75, 3.05) is 7.11 Å². The van der Waals surface area contributed by atoms with E-state index in [0.29, 0.717) is 12.1 Å². The molecule has 0 aliphatic rings. The molecule has 0 aromatic heterocycles. The maximum atomic E-state index is 13.4. The van der Waals surface area contributed by atoms with Crippen molar-refractivity contribution in [2.24, 2.45) is 0 Å². The second-order valence-electron chi connectivity index (χ2n) is 4.28. The Labute approximate surface area is 122 Å². The van der Waals surface area contributed by atoms with Gasteiger partial charge in [-0.3, -0.25) is 4.79 Å². The maximum Gasteiger partial charge on any atom is 0.460 e. The van der Waals surface area contributed by atoms with Crippen LogP contribution in [0.1, 0.15) is 10.4 Å². The smallest absolute Gasteiger partial charge is 0.460 e. The summed E-state index contributed by atoms with van der Waals surface area (Å²) in [5.41, 5.74) is -1.19. The fourth-order valence-electron chi connectivity index (χ4n) is 1.44. The van der Waals surface area contributed by atoms with Gasteiger partial charge in [0.15, 0.2) is 0 Å². The SMILES string of the molecule is COc1ccc(C(=O)C(F)(F)C(F)(F)C(F)(F)C(F)(F)F)cc1. The molecule has 0 saturated heterocycles. The number of hydrogen-bond acceptors (Lipinski definition) is 2. The average molecular weight is 354 g/mol. The van der Waals surface area contributed by atoms with Gasteiger partial charge in [-0.05, 0) is 24.3 Å². The number of ketones is 1. The van der Waals surface area contributed by atoms with E-state index in [1.165, 1.54) is 0 Å². The Hall–Kier alpha value is -1.94. The molecule has 11 heteroatoms. The van der Waals surface area contributed by atoms with Crippen molar-refractivity contribution in [1.29, 1.82) is 0 Å². The number of halogens is 9. The molecule has 0 amide bonds. The third-order valence-electron chi connectivity index (χ3n) is 2.78. The molecule has 23 heavy (non-hydrogen) atoms. The van der Waals surface area contributed by atoms with Crippen LogP contribution in [0.3, 0.4) is 0 Å². The van der Waals surface area contributed by atoms with Crippen LogP contribution >= 0.6 is 0 Å². The van der Waals surface area contributed by atoms with Crippen molar-refractivity contribution in [1.82, 2.24) is 0 Å². The summed E-state index contributed by atoms with van der Waals surface area (Å²) >= 11 is 0. The highest BCUT2D eigenvalue weighted by atomic mass is 19.4. The van der Waals surface area contributed by atoms with Crippen molar-refractivity contribution < 1.29 is 49.0 Å². The van der Waals surface area contributed by atoms with Crippen LogP contribution in [0.2, 0.25) is 0 Å². The Morgan fingerprint density at radius 2 is 1.26 bits per heavy atom. The van der Waals surface area contributed by atoms with Gasteiger partial charge in [0.25, 0.3) is 0 Å². The average Bonchev–Trinajstić information content (AvgIpc) is 2.44. The molecule has 1 aromatic rings. The van der Waals surface area contributed by atoms with E-state index in [2.05, 4.69) is 4.74 Å². The number of benzene rings is 1. The van der Waals surface area contributed by atoms with Gasteiger partial charge in [-0.2, -0.15) is 39.5 Å². The van der Waals surface area contributed by atoms with Crippen LogP contribution in [-0.4, -0.2) is 36.8 Å². The van der Waals surface area contributed by atoms with Gasteiger partial charge in [0, 0.05) is 5.56 Å². The van der Waals surface area contributed by atoms with Crippen molar-refractivity contribution in [3.05, 3.63) is 29.8 Å². The van der Waals surface area contributed by atoms with Gasteiger partial charge in [-0.1, -0.05) is 0 Å². The Morgan fingerprint density at radius 1 is 0.826 bits per heavy atom. The summed E-state index contributed by atoms with van der Waals surface area (Å²) in [6.45, 7) is 0. The minimum Gasteiger partial charge on any atom is -0.497 e. The van der Waals surface area contributed by atoms with Crippen LogP contribution in [0.25, 0.3) is 0 Å². The molecule has 130 valence electrons. The fraction of sp³-hybridized carbons (Fsp3) is 0.417. The number of carbonyl (C=O) groups excluding carboxylic acids is 1. The maximum absolute atomic E-state index is 13.4. The molecule has 0 heterocycles. The standard InChI is InChI=1S/C12H7F9O2/c1-23-7-4-2-6(3-5-7)8(22)9(13,14)10(15,16)11(17,18)12(19,20)21/h2-5H,1H3. The molecule has 0 saturated carbocycles. The number of hydrogen-bond donors (Lipinski definition) is 0. The van der Waals surface area contributed by atoms with Crippen LogP contribution < -0.4 is 4.74 Å². The van der Waals surface area contributed by atoms with Crippen LogP contribution in [-0.2, 0) is 0 Å². The van der Waals surface area contributed by atoms with Gasteiger partial charge in [-0.25, -0.2) is 0 Å². The fourth-order valence-corrected chi connectivity index (χ4v) is 1.44. The first-order chi connectivity index (χ1) is 10.2. The predicted octanol–water partition coefficient (Wildman–Crippen LogP) is 4.35. The zero-order valence-electron chi connectivity index (χ0n) is 11.0. The molecule has 0 radical (unpaired) electrons. The zero-order chi connectivity index (χ0) is 18.3. The molecule has 0 aliphatic heterocycles. The Balaban J connectivity index is 3.29. The Bertz CT molecular complexity index is 575. The lowest BCUT2D eigenvalue weighted by atomic mass is 9.96. The molecule has 1 rings (SSSR count). The Kier molecular flexibility index (Phi) is 4.66. The molecule has 0 fully saturated rings. The van der Waals surface area contributed by atoms with Crippen molar-refractivity contribution in [3.63, 3.8) is 0 Å². The van der Waals surface area contributed by atoms with Gasteiger partial charge in [-0.15, -0.1) is 0 Å². The van der Waals surface area contributed by atoms with E-state index >= 15 is 0 Å². The van der Waals surface area contributed by atoms with Gasteiger partial charge < -0.3 is 4.74 Å². The molecule has 0 spiro atoms. The number of methoxy groups -OCH3 is 1. The summed E-state index contributed by atoms with van der Waals surface area (Å²) in [6.07, 6.45) is -6.97. The lowest BCUT2D eigenvalue weighted by Gasteiger charge is -2.32. The molecule has 0 unspecified atom stereocenters. The topological polar surface area (TPSA) is 26.3 Å². The van der Waals surface area contributed by atoms with E-state index in [1.807, 2.05) is 0 Å². The van der Waals surface area contributed by atoms with E-state index in [9.17, 15) is 44.3 Å². The summed E-state index contributed by atoms with van der Waals surface area (Å²) < 4.78 is 119. The first kappa shape index (κ1) is 19.1. The van der Waals surface area contributed by atoms with Gasteiger partial charge in [0.05, 0.1) is 7.11 Å². The van der Waals surface area contributed by atoms with Crippen LogP contribution in [0.4, 0.5) is 39.5 Å². The van der Waals surface area contributed by atoms with Crippen LogP contribution in [0.15, 0.2) is 24.3 Å². The van der Waals surface area contributed by atoms with Crippen LogP contribution in [0, 0.1) is 0 Å². The highest BCUT2D eigenvalue weighted by molar-refractivity contribution is 6.02. The van der Waals surface area contributed by atoms with Crippen molar-refractivity contribution in [3.8, 4) is 5.75 Å². The normalized spacial score (nSPS) is 13.8. The summed E-state index contributed by atoms with van der Waals surface area (Å²) in [5, 5.41) is 0. The highest BCUT2D eigenvalue weighted by Crippen LogP contribution is 2.53. The number of ether oxygens (including phenoxy) is 1. The summed E-state index contributed by atoms with van der Waals surface area (Å²) in [4.78, 5) is 11.3. The third kappa shape index (κ3) is 2.95. The molecule has 0 bridgehead atoms. The summed E-state index contributed by atoms with van der Waals surface area (Å²) in [7, 11) is 1.14. The summed E-state index contributed by atoms with van der Waals surface area (Å²) in [6, 6.07) is 2.78. The van der Waals surface area contributed by atoms with Crippen molar-refractivity contribution in [2.45, 2.75) is 23.9 Å². The Morgan fingerprint density at radius 3 is 1.61 bits per heavy atom. The molecule has 2 nitrogen and oxygen atoms in total. The molecule has 1 aromatic carbocycles. The number of alkyl halides is 9. The van der Waals surface area contributed by atoms with E-state index in [1.54, 1.807) is 0 Å². The largest absolute Gasteiger partial charge is 0.497 e. The quantitative estimate of drug-likeness (QED) is 0.581. The molecule has 0 atom stereocenters. The second kappa shape index (κ2) is 5.60. The zero-order valence-corrected chi connectivity index (χ0v) is 11.0. The van der Waals surface area contributed by atoms with E-state index in [-0.39, 0.29) is 5.75 Å². The van der Waals surface area contributed by atoms with E-state index in [4.69, 9.17) is 0 Å². The lowest BCUT2D eigenvalue weighted by molar-refractivity contribution is -0.386. The van der Waals surface area contributed by atoms with E-state index < -0.39 is 35.3 Å². The third-order valence-corrected chi connectivity index (χ3v) is 2.78. The van der Waals surface area contributed by atoms with Gasteiger partial charge in [0.1, 0.15) is 5.75 Å². The van der Waals surface area contributed by atoms with Crippen molar-refractivity contribution >= 4 is 5.78 Å². The first-order valence-electron chi connectivity index (χ1n) is 5.59. The van der Waals surface area contributed by atoms with Gasteiger partial charge >= 0.3 is 23.9 Å². The van der Waals surface area contributed by atoms with E-state index in [0.717, 1.165) is 19.2 Å².